The van der Waals surface area contributed by atoms with Gasteiger partial charge in [-0.1, -0.05) is 31.9 Å². The summed E-state index contributed by atoms with van der Waals surface area (Å²) in [5.74, 6) is 1.59. The Hall–Kier alpha value is -1.71. The lowest BCUT2D eigenvalue weighted by molar-refractivity contribution is 0.0636. The standard InChI is InChI=1S/C19H30N2O2/c1-14-9-11-15(12-10-14)13-20-16-7-5-6-8-17(16)21-18(22)23-19(2,3)4/h5-8,14-15,20H,9-13H2,1-4H3,(H,21,22). The van der Waals surface area contributed by atoms with Crippen LogP contribution in [0.1, 0.15) is 53.4 Å². The van der Waals surface area contributed by atoms with E-state index in [9.17, 15) is 4.79 Å². The number of amides is 1. The first kappa shape index (κ1) is 17.6. The molecule has 23 heavy (non-hydrogen) atoms. The van der Waals surface area contributed by atoms with E-state index in [4.69, 9.17) is 4.74 Å². The van der Waals surface area contributed by atoms with Gasteiger partial charge >= 0.3 is 6.09 Å². The van der Waals surface area contributed by atoms with Crippen molar-refractivity contribution in [3.8, 4) is 0 Å². The Balaban J connectivity index is 1.91. The first-order chi connectivity index (χ1) is 10.8. The van der Waals surface area contributed by atoms with Gasteiger partial charge in [0.05, 0.1) is 11.4 Å². The number of carbonyl (C=O) groups is 1. The third kappa shape index (κ3) is 6.12. The predicted molar refractivity (Wildman–Crippen MR) is 95.9 cm³/mol. The van der Waals surface area contributed by atoms with Crippen LogP contribution in [0.5, 0.6) is 0 Å². The van der Waals surface area contributed by atoms with Crippen LogP contribution in [-0.2, 0) is 4.74 Å². The van der Waals surface area contributed by atoms with Gasteiger partial charge < -0.3 is 10.1 Å². The van der Waals surface area contributed by atoms with Gasteiger partial charge in [0.2, 0.25) is 0 Å². The molecular weight excluding hydrogens is 288 g/mol. The Kier molecular flexibility index (Phi) is 5.91. The van der Waals surface area contributed by atoms with Crippen LogP contribution in [0.3, 0.4) is 0 Å². The molecule has 1 saturated carbocycles. The molecular formula is C19H30N2O2. The minimum atomic E-state index is -0.495. The average Bonchev–Trinajstić information content (AvgIpc) is 2.46. The van der Waals surface area contributed by atoms with Crippen LogP contribution < -0.4 is 10.6 Å². The molecule has 1 fully saturated rings. The second kappa shape index (κ2) is 7.71. The molecule has 0 bridgehead atoms. The van der Waals surface area contributed by atoms with Gasteiger partial charge in [0.15, 0.2) is 0 Å². The molecule has 2 N–H and O–H groups in total. The third-order valence-corrected chi connectivity index (χ3v) is 4.28. The van der Waals surface area contributed by atoms with Crippen molar-refractivity contribution in [2.75, 3.05) is 17.2 Å². The summed E-state index contributed by atoms with van der Waals surface area (Å²) in [6.07, 6.45) is 4.80. The van der Waals surface area contributed by atoms with E-state index < -0.39 is 11.7 Å². The summed E-state index contributed by atoms with van der Waals surface area (Å²) in [5.41, 5.74) is 1.23. The predicted octanol–water partition coefficient (Wildman–Crippen LogP) is 5.27. The van der Waals surface area contributed by atoms with Gasteiger partial charge in [0, 0.05) is 6.54 Å². The highest BCUT2D eigenvalue weighted by atomic mass is 16.6. The molecule has 1 aromatic rings. The van der Waals surface area contributed by atoms with Gasteiger partial charge in [-0.05, 0) is 57.6 Å². The van der Waals surface area contributed by atoms with E-state index in [-0.39, 0.29) is 0 Å². The summed E-state index contributed by atoms with van der Waals surface area (Å²) in [7, 11) is 0. The molecule has 0 atom stereocenters. The van der Waals surface area contributed by atoms with Crippen molar-refractivity contribution >= 4 is 17.5 Å². The van der Waals surface area contributed by atoms with Crippen LogP contribution in [0, 0.1) is 11.8 Å². The van der Waals surface area contributed by atoms with E-state index in [1.807, 2.05) is 45.0 Å². The number of hydrogen-bond donors (Lipinski definition) is 2. The van der Waals surface area contributed by atoms with Crippen LogP contribution in [0.25, 0.3) is 0 Å². The zero-order valence-corrected chi connectivity index (χ0v) is 14.8. The smallest absolute Gasteiger partial charge is 0.412 e. The number of ether oxygens (including phenoxy) is 1. The van der Waals surface area contributed by atoms with E-state index in [0.717, 1.165) is 29.8 Å². The molecule has 0 spiro atoms. The number of rotatable bonds is 4. The first-order valence-corrected chi connectivity index (χ1v) is 8.66. The molecule has 0 radical (unpaired) electrons. The van der Waals surface area contributed by atoms with Crippen LogP contribution in [0.2, 0.25) is 0 Å². The van der Waals surface area contributed by atoms with Crippen molar-refractivity contribution in [1.82, 2.24) is 0 Å². The average molecular weight is 318 g/mol. The van der Waals surface area contributed by atoms with Gasteiger partial charge in [-0.2, -0.15) is 0 Å². The van der Waals surface area contributed by atoms with Gasteiger partial charge in [-0.3, -0.25) is 5.32 Å². The second-order valence-electron chi connectivity index (χ2n) is 7.68. The van der Waals surface area contributed by atoms with E-state index in [0.29, 0.717) is 0 Å². The maximum atomic E-state index is 12.0. The maximum Gasteiger partial charge on any atom is 0.412 e. The molecule has 1 aliphatic rings. The Morgan fingerprint density at radius 2 is 1.74 bits per heavy atom. The van der Waals surface area contributed by atoms with E-state index in [2.05, 4.69) is 17.6 Å². The molecule has 0 unspecified atom stereocenters. The summed E-state index contributed by atoms with van der Waals surface area (Å²) < 4.78 is 5.33. The molecule has 1 aromatic carbocycles. The number of nitrogens with one attached hydrogen (secondary N) is 2. The number of hydrogen-bond acceptors (Lipinski definition) is 3. The van der Waals surface area contributed by atoms with Crippen molar-refractivity contribution in [2.45, 2.75) is 59.0 Å². The fourth-order valence-electron chi connectivity index (χ4n) is 2.95. The van der Waals surface area contributed by atoms with E-state index in [1.165, 1.54) is 25.7 Å². The molecule has 4 nitrogen and oxygen atoms in total. The normalized spacial score (nSPS) is 21.6. The summed E-state index contributed by atoms with van der Waals surface area (Å²) in [4.78, 5) is 12.0. The molecule has 0 heterocycles. The van der Waals surface area contributed by atoms with Gasteiger partial charge in [-0.15, -0.1) is 0 Å². The van der Waals surface area contributed by atoms with Crippen LogP contribution >= 0.6 is 0 Å². The summed E-state index contributed by atoms with van der Waals surface area (Å²) in [6, 6.07) is 7.79. The largest absolute Gasteiger partial charge is 0.444 e. The summed E-state index contributed by atoms with van der Waals surface area (Å²) in [5, 5.41) is 6.33. The highest BCUT2D eigenvalue weighted by Gasteiger charge is 2.19. The van der Waals surface area contributed by atoms with Crippen LogP contribution in [0.4, 0.5) is 16.2 Å². The Labute approximate surface area is 140 Å². The van der Waals surface area contributed by atoms with Crippen LogP contribution in [-0.4, -0.2) is 18.2 Å². The van der Waals surface area contributed by atoms with Gasteiger partial charge in [0.25, 0.3) is 0 Å². The Morgan fingerprint density at radius 3 is 2.35 bits per heavy atom. The molecule has 0 aliphatic heterocycles. The lowest BCUT2D eigenvalue weighted by Crippen LogP contribution is -2.27. The Bertz CT molecular complexity index is 514. The van der Waals surface area contributed by atoms with E-state index in [1.54, 1.807) is 0 Å². The minimum absolute atomic E-state index is 0.418. The van der Waals surface area contributed by atoms with Crippen molar-refractivity contribution in [1.29, 1.82) is 0 Å². The number of anilines is 2. The Morgan fingerprint density at radius 1 is 1.13 bits per heavy atom. The lowest BCUT2D eigenvalue weighted by Gasteiger charge is -2.27. The van der Waals surface area contributed by atoms with E-state index >= 15 is 0 Å². The summed E-state index contributed by atoms with van der Waals surface area (Å²) in [6.45, 7) is 8.88. The zero-order valence-electron chi connectivity index (χ0n) is 14.8. The fraction of sp³-hybridized carbons (Fsp3) is 0.632. The number of carbonyl (C=O) groups excluding carboxylic acids is 1. The highest BCUT2D eigenvalue weighted by molar-refractivity contribution is 5.89. The molecule has 0 aromatic heterocycles. The summed E-state index contributed by atoms with van der Waals surface area (Å²) >= 11 is 0. The maximum absolute atomic E-state index is 12.0. The molecule has 128 valence electrons. The van der Waals surface area contributed by atoms with Crippen molar-refractivity contribution in [3.05, 3.63) is 24.3 Å². The quantitative estimate of drug-likeness (QED) is 0.795. The first-order valence-electron chi connectivity index (χ1n) is 8.66. The van der Waals surface area contributed by atoms with Crippen molar-refractivity contribution in [2.24, 2.45) is 11.8 Å². The van der Waals surface area contributed by atoms with Crippen molar-refractivity contribution in [3.63, 3.8) is 0 Å². The topological polar surface area (TPSA) is 50.4 Å². The zero-order chi connectivity index (χ0) is 16.9. The molecule has 4 heteroatoms. The molecule has 2 rings (SSSR count). The van der Waals surface area contributed by atoms with Crippen molar-refractivity contribution < 1.29 is 9.53 Å². The molecule has 0 saturated heterocycles. The molecule has 1 aliphatic carbocycles. The lowest BCUT2D eigenvalue weighted by atomic mass is 9.83. The molecule has 1 amide bonds. The van der Waals surface area contributed by atoms with Gasteiger partial charge in [-0.25, -0.2) is 4.79 Å². The monoisotopic (exact) mass is 318 g/mol. The second-order valence-corrected chi connectivity index (χ2v) is 7.68. The van der Waals surface area contributed by atoms with Crippen LogP contribution in [0.15, 0.2) is 24.3 Å². The third-order valence-electron chi connectivity index (χ3n) is 4.28. The number of para-hydroxylation sites is 2. The fourth-order valence-corrected chi connectivity index (χ4v) is 2.95. The highest BCUT2D eigenvalue weighted by Crippen LogP contribution is 2.29. The minimum Gasteiger partial charge on any atom is -0.444 e. The number of benzene rings is 1. The SMILES string of the molecule is CC1CCC(CNc2ccccc2NC(=O)OC(C)(C)C)CC1. The van der Waals surface area contributed by atoms with Gasteiger partial charge in [0.1, 0.15) is 5.60 Å².